The molecule has 0 fully saturated rings. The maximum absolute atomic E-state index is 13.2. The minimum absolute atomic E-state index is 0.322. The molecule has 0 saturated carbocycles. The van der Waals surface area contributed by atoms with E-state index in [0.29, 0.717) is 16.2 Å². The zero-order valence-electron chi connectivity index (χ0n) is 12.2. The van der Waals surface area contributed by atoms with Gasteiger partial charge in [-0.15, -0.1) is 0 Å². The average Bonchev–Trinajstić information content (AvgIpc) is 2.97. The number of nitrogens with one attached hydrogen (secondary N) is 1. The van der Waals surface area contributed by atoms with Crippen molar-refractivity contribution in [1.82, 2.24) is 19.8 Å². The Morgan fingerprint density at radius 1 is 1.00 bits per heavy atom. The van der Waals surface area contributed by atoms with Crippen LogP contribution in [0.2, 0.25) is 5.02 Å². The van der Waals surface area contributed by atoms with E-state index in [0.717, 1.165) is 16.7 Å². The van der Waals surface area contributed by atoms with Crippen LogP contribution in [-0.2, 0) is 0 Å². The summed E-state index contributed by atoms with van der Waals surface area (Å²) in [5.41, 5.74) is 3.02. The standard InChI is InChI=1S/C17H10ClFN4O/c18-12-5-1-11(2-6-12)15-14(10-3-7-13(19)8-4-10)9-20-23-16(15)21-22-17(23)24/h1-9H,(H,22,24). The number of fused-ring (bicyclic) bond motifs is 1. The fourth-order valence-electron chi connectivity index (χ4n) is 2.61. The SMILES string of the molecule is O=c1[nH]nc2c(-c3ccc(Cl)cc3)c(-c3ccc(F)cc3)cnn12. The summed E-state index contributed by atoms with van der Waals surface area (Å²) in [6.45, 7) is 0. The van der Waals surface area contributed by atoms with E-state index in [9.17, 15) is 9.18 Å². The molecule has 0 spiro atoms. The van der Waals surface area contributed by atoms with Gasteiger partial charge in [0, 0.05) is 16.1 Å². The summed E-state index contributed by atoms with van der Waals surface area (Å²) in [6, 6.07) is 13.3. The second-order valence-electron chi connectivity index (χ2n) is 5.21. The maximum Gasteiger partial charge on any atom is 0.364 e. The first-order valence-corrected chi connectivity index (χ1v) is 7.49. The Balaban J connectivity index is 2.06. The number of aromatic amines is 1. The molecule has 24 heavy (non-hydrogen) atoms. The molecule has 2 aromatic heterocycles. The van der Waals surface area contributed by atoms with Crippen molar-refractivity contribution < 1.29 is 4.39 Å². The van der Waals surface area contributed by atoms with Crippen molar-refractivity contribution in [2.75, 3.05) is 0 Å². The Kier molecular flexibility index (Phi) is 3.39. The zero-order valence-corrected chi connectivity index (χ0v) is 13.0. The van der Waals surface area contributed by atoms with Crippen LogP contribution in [0, 0.1) is 5.82 Å². The first kappa shape index (κ1) is 14.6. The molecule has 0 unspecified atom stereocenters. The molecule has 0 aliphatic carbocycles. The normalized spacial score (nSPS) is 11.1. The summed E-state index contributed by atoms with van der Waals surface area (Å²) in [6.07, 6.45) is 1.57. The predicted octanol–water partition coefficient (Wildman–Crippen LogP) is 3.54. The molecule has 118 valence electrons. The third kappa shape index (κ3) is 2.37. The molecule has 0 radical (unpaired) electrons. The molecule has 4 rings (SSSR count). The van der Waals surface area contributed by atoms with Crippen molar-refractivity contribution >= 4 is 17.2 Å². The summed E-state index contributed by atoms with van der Waals surface area (Å²) >= 11 is 5.96. The van der Waals surface area contributed by atoms with E-state index in [1.54, 1.807) is 30.5 Å². The summed E-state index contributed by atoms with van der Waals surface area (Å²) in [5, 5.41) is 11.2. The molecule has 0 aliphatic rings. The molecule has 2 heterocycles. The van der Waals surface area contributed by atoms with Crippen LogP contribution in [0.15, 0.2) is 59.5 Å². The highest BCUT2D eigenvalue weighted by molar-refractivity contribution is 6.30. The zero-order chi connectivity index (χ0) is 16.7. The number of H-pyrrole nitrogens is 1. The van der Waals surface area contributed by atoms with Crippen LogP contribution in [-0.4, -0.2) is 19.8 Å². The second kappa shape index (κ2) is 5.58. The Morgan fingerprint density at radius 2 is 1.67 bits per heavy atom. The summed E-state index contributed by atoms with van der Waals surface area (Å²) in [7, 11) is 0. The van der Waals surface area contributed by atoms with Crippen LogP contribution in [0.3, 0.4) is 0 Å². The lowest BCUT2D eigenvalue weighted by Crippen LogP contribution is -2.12. The van der Waals surface area contributed by atoms with Gasteiger partial charge in [-0.2, -0.15) is 14.7 Å². The number of halogens is 2. The Labute approximate surface area is 140 Å². The number of hydrogen-bond acceptors (Lipinski definition) is 3. The molecule has 0 saturated heterocycles. The number of nitrogens with zero attached hydrogens (tertiary/aromatic N) is 3. The van der Waals surface area contributed by atoms with E-state index in [2.05, 4.69) is 15.3 Å². The van der Waals surface area contributed by atoms with Gasteiger partial charge in [-0.1, -0.05) is 35.9 Å². The molecule has 2 aromatic carbocycles. The molecular weight excluding hydrogens is 331 g/mol. The molecule has 0 bridgehead atoms. The third-order valence-electron chi connectivity index (χ3n) is 3.73. The van der Waals surface area contributed by atoms with E-state index < -0.39 is 5.69 Å². The van der Waals surface area contributed by atoms with Crippen LogP contribution in [0.1, 0.15) is 0 Å². The summed E-state index contributed by atoms with van der Waals surface area (Å²) in [4.78, 5) is 11.8. The minimum atomic E-state index is -0.425. The monoisotopic (exact) mass is 340 g/mol. The topological polar surface area (TPSA) is 63.0 Å². The fourth-order valence-corrected chi connectivity index (χ4v) is 2.74. The summed E-state index contributed by atoms with van der Waals surface area (Å²) in [5.74, 6) is -0.322. The van der Waals surface area contributed by atoms with Gasteiger partial charge in [-0.05, 0) is 35.4 Å². The van der Waals surface area contributed by atoms with Crippen LogP contribution in [0.4, 0.5) is 4.39 Å². The smallest absolute Gasteiger partial charge is 0.244 e. The number of rotatable bonds is 2. The Morgan fingerprint density at radius 3 is 2.38 bits per heavy atom. The van der Waals surface area contributed by atoms with Crippen molar-refractivity contribution in [2.24, 2.45) is 0 Å². The average molecular weight is 341 g/mol. The van der Waals surface area contributed by atoms with Crippen molar-refractivity contribution in [1.29, 1.82) is 0 Å². The van der Waals surface area contributed by atoms with Crippen molar-refractivity contribution in [2.45, 2.75) is 0 Å². The lowest BCUT2D eigenvalue weighted by atomic mass is 9.97. The van der Waals surface area contributed by atoms with Gasteiger partial charge in [0.25, 0.3) is 0 Å². The van der Waals surface area contributed by atoms with E-state index in [1.807, 2.05) is 12.1 Å². The highest BCUT2D eigenvalue weighted by Gasteiger charge is 2.16. The van der Waals surface area contributed by atoms with E-state index in [1.165, 1.54) is 16.6 Å². The quantitative estimate of drug-likeness (QED) is 0.607. The van der Waals surface area contributed by atoms with E-state index >= 15 is 0 Å². The molecule has 0 atom stereocenters. The molecule has 5 nitrogen and oxygen atoms in total. The number of hydrogen-bond donors (Lipinski definition) is 1. The largest absolute Gasteiger partial charge is 0.364 e. The van der Waals surface area contributed by atoms with Gasteiger partial charge in [-0.25, -0.2) is 14.3 Å². The number of aromatic nitrogens is 4. The van der Waals surface area contributed by atoms with Gasteiger partial charge < -0.3 is 0 Å². The number of benzene rings is 2. The van der Waals surface area contributed by atoms with Crippen molar-refractivity contribution in [3.63, 3.8) is 0 Å². The lowest BCUT2D eigenvalue weighted by Gasteiger charge is -2.10. The van der Waals surface area contributed by atoms with Gasteiger partial charge in [0.1, 0.15) is 5.82 Å². The van der Waals surface area contributed by atoms with Gasteiger partial charge in [0.05, 0.1) is 6.20 Å². The van der Waals surface area contributed by atoms with Gasteiger partial charge in [-0.3, -0.25) is 0 Å². The van der Waals surface area contributed by atoms with Gasteiger partial charge in [0.2, 0.25) is 0 Å². The third-order valence-corrected chi connectivity index (χ3v) is 3.99. The van der Waals surface area contributed by atoms with Crippen molar-refractivity contribution in [3.05, 3.63) is 76.1 Å². The van der Waals surface area contributed by atoms with Crippen LogP contribution in [0.25, 0.3) is 27.9 Å². The highest BCUT2D eigenvalue weighted by Crippen LogP contribution is 2.34. The first-order chi connectivity index (χ1) is 11.6. The maximum atomic E-state index is 13.2. The molecule has 7 heteroatoms. The van der Waals surface area contributed by atoms with Crippen LogP contribution < -0.4 is 5.69 Å². The Bertz CT molecular complexity index is 1080. The first-order valence-electron chi connectivity index (χ1n) is 7.12. The molecule has 0 amide bonds. The van der Waals surface area contributed by atoms with E-state index in [-0.39, 0.29) is 5.82 Å². The Hall–Kier alpha value is -2.99. The highest BCUT2D eigenvalue weighted by atomic mass is 35.5. The van der Waals surface area contributed by atoms with Gasteiger partial charge in [0.15, 0.2) is 5.65 Å². The van der Waals surface area contributed by atoms with Crippen LogP contribution in [0.5, 0.6) is 0 Å². The van der Waals surface area contributed by atoms with E-state index in [4.69, 9.17) is 11.6 Å². The molecule has 4 aromatic rings. The van der Waals surface area contributed by atoms with Crippen molar-refractivity contribution in [3.8, 4) is 22.3 Å². The minimum Gasteiger partial charge on any atom is -0.244 e. The molecule has 0 aliphatic heterocycles. The lowest BCUT2D eigenvalue weighted by molar-refractivity contribution is 0.628. The predicted molar refractivity (Wildman–Crippen MR) is 89.4 cm³/mol. The fraction of sp³-hybridized carbons (Fsp3) is 0. The second-order valence-corrected chi connectivity index (χ2v) is 5.65. The summed E-state index contributed by atoms with van der Waals surface area (Å²) < 4.78 is 14.4. The van der Waals surface area contributed by atoms with Gasteiger partial charge >= 0.3 is 5.69 Å². The molecular formula is C17H10ClFN4O. The van der Waals surface area contributed by atoms with Crippen LogP contribution >= 0.6 is 11.6 Å². The molecule has 1 N–H and O–H groups in total.